The molecule has 0 aromatic carbocycles. The maximum Gasteiger partial charge on any atom is 0.251 e. The lowest BCUT2D eigenvalue weighted by Gasteiger charge is -2.28. The summed E-state index contributed by atoms with van der Waals surface area (Å²) >= 11 is 0. The predicted molar refractivity (Wildman–Crippen MR) is 36.6 cm³/mol. The Bertz CT molecular complexity index is 116. The number of hydrogen-bond acceptors (Lipinski definition) is 1. The van der Waals surface area contributed by atoms with E-state index in [0.29, 0.717) is 19.4 Å². The molecule has 0 bridgehead atoms. The van der Waals surface area contributed by atoms with Gasteiger partial charge in [0.15, 0.2) is 0 Å². The van der Waals surface area contributed by atoms with Gasteiger partial charge in [0.25, 0.3) is 6.43 Å². The first kappa shape index (κ1) is 8.84. The Hall–Kier alpha value is -0.250. The molecule has 1 rings (SSSR count). The summed E-state index contributed by atoms with van der Waals surface area (Å²) in [6.45, 7) is 0.523. The lowest BCUT2D eigenvalue weighted by molar-refractivity contribution is 0.0565. The van der Waals surface area contributed by atoms with Crippen LogP contribution >= 0.6 is 0 Å². The number of hydrogen-bond donors (Lipinski definition) is 0. The molecule has 0 amide bonds. The minimum absolute atomic E-state index is 0.185. The van der Waals surface area contributed by atoms with Gasteiger partial charge < -0.3 is 0 Å². The van der Waals surface area contributed by atoms with Gasteiger partial charge in [-0.2, -0.15) is 0 Å². The van der Waals surface area contributed by atoms with Crippen molar-refractivity contribution in [2.24, 2.45) is 0 Å². The van der Waals surface area contributed by atoms with Crippen molar-refractivity contribution in [2.75, 3.05) is 19.6 Å². The Morgan fingerprint density at radius 2 is 2.18 bits per heavy atom. The fourth-order valence-electron chi connectivity index (χ4n) is 1.36. The van der Waals surface area contributed by atoms with Crippen molar-refractivity contribution in [1.82, 2.24) is 4.90 Å². The molecule has 1 heterocycles. The van der Waals surface area contributed by atoms with Gasteiger partial charge in [0, 0.05) is 6.54 Å². The minimum Gasteiger partial charge on any atom is -0.295 e. The summed E-state index contributed by atoms with van der Waals surface area (Å²) in [6.07, 6.45) is -2.00. The third kappa shape index (κ3) is 3.10. The third-order valence-electron chi connectivity index (χ3n) is 1.84. The normalized spacial score (nSPS) is 27.8. The van der Waals surface area contributed by atoms with Crippen LogP contribution in [-0.4, -0.2) is 37.1 Å². The molecule has 0 N–H and O–H groups in total. The Morgan fingerprint density at radius 1 is 1.45 bits per heavy atom. The first-order valence-electron chi connectivity index (χ1n) is 3.83. The molecule has 1 aliphatic rings. The van der Waals surface area contributed by atoms with Crippen molar-refractivity contribution in [2.45, 2.75) is 25.4 Å². The first-order chi connectivity index (χ1) is 5.18. The summed E-state index contributed by atoms with van der Waals surface area (Å²) < 4.78 is 36.2. The second-order valence-corrected chi connectivity index (χ2v) is 2.89. The molecule has 0 radical (unpaired) electrons. The van der Waals surface area contributed by atoms with Gasteiger partial charge in [-0.25, -0.2) is 13.2 Å². The van der Waals surface area contributed by atoms with E-state index in [9.17, 15) is 13.2 Å². The number of rotatable bonds is 2. The average molecular weight is 167 g/mol. The second kappa shape index (κ2) is 3.95. The van der Waals surface area contributed by atoms with Crippen molar-refractivity contribution in [3.8, 4) is 0 Å². The zero-order chi connectivity index (χ0) is 8.27. The van der Waals surface area contributed by atoms with Gasteiger partial charge in [-0.3, -0.25) is 4.90 Å². The molecular weight excluding hydrogens is 155 g/mol. The lowest BCUT2D eigenvalue weighted by atomic mass is 10.1. The SMILES string of the molecule is FC(F)CN1CCCC(F)C1. The summed E-state index contributed by atoms with van der Waals surface area (Å²) in [5, 5.41) is 0. The molecule has 1 atom stereocenters. The van der Waals surface area contributed by atoms with Crippen LogP contribution in [0.15, 0.2) is 0 Å². The monoisotopic (exact) mass is 167 g/mol. The Labute approximate surface area is 64.2 Å². The Morgan fingerprint density at radius 3 is 2.73 bits per heavy atom. The van der Waals surface area contributed by atoms with E-state index in [1.807, 2.05) is 0 Å². The van der Waals surface area contributed by atoms with E-state index >= 15 is 0 Å². The molecule has 1 unspecified atom stereocenters. The van der Waals surface area contributed by atoms with Crippen LogP contribution in [0.3, 0.4) is 0 Å². The summed E-state index contributed by atoms with van der Waals surface area (Å²) in [4.78, 5) is 1.48. The quantitative estimate of drug-likeness (QED) is 0.604. The third-order valence-corrected chi connectivity index (χ3v) is 1.84. The highest BCUT2D eigenvalue weighted by molar-refractivity contribution is 4.72. The summed E-state index contributed by atoms with van der Waals surface area (Å²) in [6, 6.07) is 0. The number of nitrogens with zero attached hydrogens (tertiary/aromatic N) is 1. The first-order valence-corrected chi connectivity index (χ1v) is 3.83. The van der Waals surface area contributed by atoms with Crippen LogP contribution in [0.25, 0.3) is 0 Å². The van der Waals surface area contributed by atoms with Gasteiger partial charge >= 0.3 is 0 Å². The minimum atomic E-state index is -2.33. The number of alkyl halides is 3. The van der Waals surface area contributed by atoms with E-state index in [4.69, 9.17) is 0 Å². The summed E-state index contributed by atoms with van der Waals surface area (Å²) in [7, 11) is 0. The molecule has 66 valence electrons. The molecule has 1 fully saturated rings. The number of piperidine rings is 1. The second-order valence-electron chi connectivity index (χ2n) is 2.89. The molecule has 0 aromatic rings. The molecule has 1 nitrogen and oxygen atoms in total. The fourth-order valence-corrected chi connectivity index (χ4v) is 1.36. The molecule has 0 saturated carbocycles. The van der Waals surface area contributed by atoms with E-state index < -0.39 is 12.6 Å². The smallest absolute Gasteiger partial charge is 0.251 e. The van der Waals surface area contributed by atoms with Crippen LogP contribution in [0.5, 0.6) is 0 Å². The number of halogens is 3. The van der Waals surface area contributed by atoms with Gasteiger partial charge in [-0.1, -0.05) is 0 Å². The van der Waals surface area contributed by atoms with Gasteiger partial charge in [0.2, 0.25) is 0 Å². The van der Waals surface area contributed by atoms with Crippen LogP contribution in [0.2, 0.25) is 0 Å². The average Bonchev–Trinajstić information content (AvgIpc) is 1.85. The molecule has 0 aromatic heterocycles. The summed E-state index contributed by atoms with van der Waals surface area (Å²) in [5.41, 5.74) is 0. The maximum atomic E-state index is 12.6. The van der Waals surface area contributed by atoms with Gasteiger partial charge in [0.05, 0.1) is 6.54 Å². The van der Waals surface area contributed by atoms with Crippen LogP contribution in [-0.2, 0) is 0 Å². The fraction of sp³-hybridized carbons (Fsp3) is 1.00. The molecule has 1 aliphatic heterocycles. The van der Waals surface area contributed by atoms with Crippen LogP contribution < -0.4 is 0 Å². The lowest BCUT2D eigenvalue weighted by Crippen LogP contribution is -2.39. The van der Waals surface area contributed by atoms with E-state index in [0.717, 1.165) is 0 Å². The molecule has 0 aliphatic carbocycles. The van der Waals surface area contributed by atoms with Crippen LogP contribution in [0, 0.1) is 0 Å². The molecule has 11 heavy (non-hydrogen) atoms. The van der Waals surface area contributed by atoms with E-state index in [-0.39, 0.29) is 13.1 Å². The highest BCUT2D eigenvalue weighted by Gasteiger charge is 2.21. The van der Waals surface area contributed by atoms with E-state index in [1.54, 1.807) is 0 Å². The van der Waals surface area contributed by atoms with Gasteiger partial charge in [0.1, 0.15) is 6.17 Å². The Balaban J connectivity index is 2.23. The van der Waals surface area contributed by atoms with E-state index in [1.165, 1.54) is 4.90 Å². The molecule has 0 spiro atoms. The summed E-state index contributed by atoms with van der Waals surface area (Å²) in [5.74, 6) is 0. The van der Waals surface area contributed by atoms with Gasteiger partial charge in [-0.05, 0) is 19.4 Å². The molecular formula is C7H12F3N. The largest absolute Gasteiger partial charge is 0.295 e. The zero-order valence-electron chi connectivity index (χ0n) is 6.27. The Kier molecular flexibility index (Phi) is 3.17. The van der Waals surface area contributed by atoms with Crippen molar-refractivity contribution in [1.29, 1.82) is 0 Å². The maximum absolute atomic E-state index is 12.6. The van der Waals surface area contributed by atoms with Crippen molar-refractivity contribution >= 4 is 0 Å². The molecule has 4 heteroatoms. The zero-order valence-corrected chi connectivity index (χ0v) is 6.27. The highest BCUT2D eigenvalue weighted by Crippen LogP contribution is 2.13. The topological polar surface area (TPSA) is 3.24 Å². The van der Waals surface area contributed by atoms with Crippen LogP contribution in [0.4, 0.5) is 13.2 Å². The van der Waals surface area contributed by atoms with Crippen molar-refractivity contribution in [3.05, 3.63) is 0 Å². The van der Waals surface area contributed by atoms with Crippen LogP contribution in [0.1, 0.15) is 12.8 Å². The molecule has 1 saturated heterocycles. The van der Waals surface area contributed by atoms with E-state index in [2.05, 4.69) is 0 Å². The standard InChI is InChI=1S/C7H12F3N/c8-6-2-1-3-11(4-6)5-7(9)10/h6-7H,1-5H2. The number of likely N-dealkylation sites (tertiary alicyclic amines) is 1. The van der Waals surface area contributed by atoms with Gasteiger partial charge in [-0.15, -0.1) is 0 Å². The predicted octanol–water partition coefficient (Wildman–Crippen LogP) is 1.69. The van der Waals surface area contributed by atoms with Crippen molar-refractivity contribution < 1.29 is 13.2 Å². The van der Waals surface area contributed by atoms with Crippen molar-refractivity contribution in [3.63, 3.8) is 0 Å². The highest BCUT2D eigenvalue weighted by atomic mass is 19.3.